The quantitative estimate of drug-likeness (QED) is 0.605. The lowest BCUT2D eigenvalue weighted by Gasteiger charge is -2.48. The molecule has 0 aromatic heterocycles. The molecule has 2 fully saturated rings. The third-order valence-corrected chi connectivity index (χ3v) is 7.80. The maximum absolute atomic E-state index is 13.4. The van der Waals surface area contributed by atoms with Crippen LogP contribution in [0, 0.1) is 17.3 Å². The lowest BCUT2D eigenvalue weighted by atomic mass is 9.55. The first-order valence-corrected chi connectivity index (χ1v) is 11.0. The van der Waals surface area contributed by atoms with E-state index in [9.17, 15) is 18.7 Å². The molecule has 0 aliphatic heterocycles. The van der Waals surface area contributed by atoms with E-state index in [1.807, 2.05) is 12.1 Å². The zero-order valence-electron chi connectivity index (χ0n) is 17.5. The lowest BCUT2D eigenvalue weighted by Crippen LogP contribution is -2.42. The van der Waals surface area contributed by atoms with Crippen molar-refractivity contribution >= 4 is 11.9 Å². The maximum atomic E-state index is 13.4. The summed E-state index contributed by atoms with van der Waals surface area (Å²) in [5, 5.41) is 9.85. The summed E-state index contributed by atoms with van der Waals surface area (Å²) in [4.78, 5) is 13.4. The van der Waals surface area contributed by atoms with Crippen LogP contribution in [0.25, 0.3) is 6.08 Å². The number of allylic oxidation sites excluding steroid dienone is 1. The zero-order chi connectivity index (χ0) is 21.8. The van der Waals surface area contributed by atoms with Crippen molar-refractivity contribution < 1.29 is 23.4 Å². The van der Waals surface area contributed by atoms with Gasteiger partial charge in [0.15, 0.2) is 5.78 Å². The van der Waals surface area contributed by atoms with Crippen molar-refractivity contribution in [3.05, 3.63) is 64.7 Å². The molecule has 3 aliphatic rings. The summed E-state index contributed by atoms with van der Waals surface area (Å²) >= 11 is 0. The van der Waals surface area contributed by atoms with Gasteiger partial charge in [0.05, 0.1) is 0 Å². The number of halogens is 2. The summed E-state index contributed by atoms with van der Waals surface area (Å²) in [6.07, 6.45) is 6.53. The fourth-order valence-electron chi connectivity index (χ4n) is 6.31. The number of rotatable bonds is 3. The Morgan fingerprint density at radius 1 is 1.16 bits per heavy atom. The third kappa shape index (κ3) is 3.44. The molecule has 2 saturated carbocycles. The van der Waals surface area contributed by atoms with Gasteiger partial charge in [-0.15, -0.1) is 0 Å². The minimum absolute atomic E-state index is 0.116. The van der Waals surface area contributed by atoms with Crippen LogP contribution in [0.1, 0.15) is 55.2 Å². The standard InChI is InChI=1S/C26H26F2O3/c1-26-11-10-21-20-9-5-18(29)13-16(20)4-8-22(21)23(26)14-17(24(26)30)12-15-2-6-19(7-3-15)31-25(27)28/h2-3,5-7,9,12-13,21-23,25,29H,4,8,10-11,14H2,1H3/b17-12+/t21-,22+,23+,26+/m1/s1. The molecule has 2 aromatic rings. The average Bonchev–Trinajstić information content (AvgIpc) is 2.99. The van der Waals surface area contributed by atoms with Crippen LogP contribution in [-0.4, -0.2) is 17.5 Å². The SMILES string of the molecule is C[C@]12CC[C@@H]3c4ccc(O)cc4CC[C@@H]3[C@@H]1C/C(=C\c1ccc(OC(F)F)cc1)C2=O. The van der Waals surface area contributed by atoms with E-state index in [0.717, 1.165) is 43.2 Å². The topological polar surface area (TPSA) is 46.5 Å². The van der Waals surface area contributed by atoms with Gasteiger partial charge in [0.2, 0.25) is 0 Å². The van der Waals surface area contributed by atoms with Crippen LogP contribution in [0.2, 0.25) is 0 Å². The number of hydrogen-bond acceptors (Lipinski definition) is 3. The van der Waals surface area contributed by atoms with E-state index in [0.29, 0.717) is 23.5 Å². The second-order valence-corrected chi connectivity index (χ2v) is 9.41. The molecule has 0 spiro atoms. The van der Waals surface area contributed by atoms with Gasteiger partial charge in [-0.3, -0.25) is 4.79 Å². The van der Waals surface area contributed by atoms with Crippen molar-refractivity contribution in [1.29, 1.82) is 0 Å². The first-order valence-electron chi connectivity index (χ1n) is 11.0. The first-order chi connectivity index (χ1) is 14.8. The van der Waals surface area contributed by atoms with Crippen LogP contribution in [-0.2, 0) is 11.2 Å². The number of Topliss-reactive ketones (excluding diaryl/α,β-unsaturated/α-hetero) is 1. The number of hydrogen-bond donors (Lipinski definition) is 1. The van der Waals surface area contributed by atoms with Gasteiger partial charge in [0.1, 0.15) is 11.5 Å². The van der Waals surface area contributed by atoms with E-state index in [2.05, 4.69) is 17.7 Å². The second kappa shape index (κ2) is 7.47. The summed E-state index contributed by atoms with van der Waals surface area (Å²) in [6.45, 7) is -0.718. The van der Waals surface area contributed by atoms with Gasteiger partial charge in [-0.2, -0.15) is 8.78 Å². The molecule has 4 atom stereocenters. The van der Waals surface area contributed by atoms with Gasteiger partial charge in [-0.1, -0.05) is 25.1 Å². The number of ketones is 1. The van der Waals surface area contributed by atoms with Crippen molar-refractivity contribution in [2.45, 2.75) is 51.6 Å². The number of phenolic OH excluding ortho intramolecular Hbond substituents is 1. The van der Waals surface area contributed by atoms with E-state index >= 15 is 0 Å². The summed E-state index contributed by atoms with van der Waals surface area (Å²) < 4.78 is 29.2. The summed E-state index contributed by atoms with van der Waals surface area (Å²) in [5.41, 5.74) is 3.92. The minimum atomic E-state index is -2.85. The first kappa shape index (κ1) is 20.2. The molecule has 0 saturated heterocycles. The number of fused-ring (bicyclic) bond motifs is 5. The summed E-state index contributed by atoms with van der Waals surface area (Å²) in [5.74, 6) is 1.90. The van der Waals surface area contributed by atoms with Gasteiger partial charge in [0.25, 0.3) is 0 Å². The van der Waals surface area contributed by atoms with Crippen molar-refractivity contribution in [1.82, 2.24) is 0 Å². The van der Waals surface area contributed by atoms with Crippen LogP contribution >= 0.6 is 0 Å². The van der Waals surface area contributed by atoms with E-state index in [-0.39, 0.29) is 16.9 Å². The van der Waals surface area contributed by atoms with Crippen LogP contribution in [0.4, 0.5) is 8.78 Å². The number of aromatic hydroxyl groups is 1. The van der Waals surface area contributed by atoms with Gasteiger partial charge >= 0.3 is 6.61 Å². The van der Waals surface area contributed by atoms with E-state index in [1.165, 1.54) is 23.3 Å². The maximum Gasteiger partial charge on any atom is 0.387 e. The predicted octanol–water partition coefficient (Wildman–Crippen LogP) is 6.11. The molecule has 2 aromatic carbocycles. The van der Waals surface area contributed by atoms with Gasteiger partial charge in [-0.05, 0) is 102 Å². The Kier molecular flexibility index (Phi) is 4.87. The van der Waals surface area contributed by atoms with Gasteiger partial charge < -0.3 is 9.84 Å². The fourth-order valence-corrected chi connectivity index (χ4v) is 6.31. The Hall–Kier alpha value is -2.69. The molecular formula is C26H26F2O3. The second-order valence-electron chi connectivity index (χ2n) is 9.41. The van der Waals surface area contributed by atoms with E-state index in [4.69, 9.17) is 0 Å². The number of aryl methyl sites for hydroxylation is 1. The van der Waals surface area contributed by atoms with E-state index in [1.54, 1.807) is 18.2 Å². The van der Waals surface area contributed by atoms with Crippen LogP contribution in [0.3, 0.4) is 0 Å². The highest BCUT2D eigenvalue weighted by Gasteiger charge is 2.56. The average molecular weight is 424 g/mol. The van der Waals surface area contributed by atoms with Crippen LogP contribution in [0.5, 0.6) is 11.5 Å². The normalized spacial score (nSPS) is 30.8. The highest BCUT2D eigenvalue weighted by atomic mass is 19.3. The molecule has 0 amide bonds. The lowest BCUT2D eigenvalue weighted by molar-refractivity contribution is -0.127. The predicted molar refractivity (Wildman–Crippen MR) is 114 cm³/mol. The van der Waals surface area contributed by atoms with Crippen molar-refractivity contribution in [3.8, 4) is 11.5 Å². The third-order valence-electron chi connectivity index (χ3n) is 7.80. The Balaban J connectivity index is 1.41. The number of phenols is 1. The molecule has 162 valence electrons. The highest BCUT2D eigenvalue weighted by molar-refractivity contribution is 6.06. The zero-order valence-corrected chi connectivity index (χ0v) is 17.5. The Morgan fingerprint density at radius 2 is 1.94 bits per heavy atom. The molecule has 3 nitrogen and oxygen atoms in total. The van der Waals surface area contributed by atoms with Crippen molar-refractivity contribution in [2.75, 3.05) is 0 Å². The van der Waals surface area contributed by atoms with Crippen molar-refractivity contribution in [3.63, 3.8) is 0 Å². The number of carbonyl (C=O) groups is 1. The van der Waals surface area contributed by atoms with Gasteiger partial charge in [0, 0.05) is 5.41 Å². The molecule has 1 N–H and O–H groups in total. The number of ether oxygens (including phenoxy) is 1. The molecule has 31 heavy (non-hydrogen) atoms. The molecule has 0 radical (unpaired) electrons. The monoisotopic (exact) mass is 424 g/mol. The molecule has 5 rings (SSSR count). The van der Waals surface area contributed by atoms with Gasteiger partial charge in [-0.25, -0.2) is 0 Å². The number of carbonyl (C=O) groups excluding carboxylic acids is 1. The van der Waals surface area contributed by atoms with Crippen LogP contribution in [0.15, 0.2) is 48.0 Å². The Morgan fingerprint density at radius 3 is 2.68 bits per heavy atom. The molecule has 0 heterocycles. The van der Waals surface area contributed by atoms with Crippen LogP contribution < -0.4 is 4.74 Å². The number of alkyl halides is 2. The minimum Gasteiger partial charge on any atom is -0.508 e. The Labute approximate surface area is 180 Å². The fraction of sp³-hybridized carbons (Fsp3) is 0.423. The Bertz CT molecular complexity index is 1040. The number of benzene rings is 2. The van der Waals surface area contributed by atoms with Crippen molar-refractivity contribution in [2.24, 2.45) is 17.3 Å². The molecule has 0 bridgehead atoms. The summed E-state index contributed by atoms with van der Waals surface area (Å²) in [7, 11) is 0. The molecular weight excluding hydrogens is 398 g/mol. The molecule has 5 heteroatoms. The van der Waals surface area contributed by atoms with E-state index < -0.39 is 6.61 Å². The summed E-state index contributed by atoms with van der Waals surface area (Å²) in [6, 6.07) is 12.2. The highest BCUT2D eigenvalue weighted by Crippen LogP contribution is 2.60. The smallest absolute Gasteiger partial charge is 0.387 e. The molecule has 3 aliphatic carbocycles. The molecule has 0 unspecified atom stereocenters. The largest absolute Gasteiger partial charge is 0.508 e.